The van der Waals surface area contributed by atoms with E-state index in [0.29, 0.717) is 6.07 Å². The molecule has 2 heterocycles. The first-order valence-electron chi connectivity index (χ1n) is 9.93. The van der Waals surface area contributed by atoms with Crippen LogP contribution in [0, 0.1) is 17.5 Å². The maximum Gasteiger partial charge on any atom is 0.451 e. The largest absolute Gasteiger partial charge is 0.451 e. The van der Waals surface area contributed by atoms with E-state index in [-0.39, 0.29) is 43.9 Å². The van der Waals surface area contributed by atoms with E-state index in [4.69, 9.17) is 0 Å². The van der Waals surface area contributed by atoms with Gasteiger partial charge in [0.05, 0.1) is 6.54 Å². The zero-order valence-corrected chi connectivity index (χ0v) is 17.7. The lowest BCUT2D eigenvalue weighted by atomic mass is 9.98. The fraction of sp³-hybridized carbons (Fsp3) is 0.550. The molecule has 0 saturated carbocycles. The number of alkyl halides is 3. The van der Waals surface area contributed by atoms with Crippen LogP contribution in [0.15, 0.2) is 12.1 Å². The van der Waals surface area contributed by atoms with Gasteiger partial charge in [-0.15, -0.1) is 10.2 Å². The highest BCUT2D eigenvalue weighted by Crippen LogP contribution is 2.29. The lowest BCUT2D eigenvalue weighted by molar-refractivity contribution is -0.148. The van der Waals surface area contributed by atoms with Crippen molar-refractivity contribution in [3.8, 4) is 0 Å². The van der Waals surface area contributed by atoms with Crippen LogP contribution in [0.2, 0.25) is 0 Å². The van der Waals surface area contributed by atoms with Gasteiger partial charge in [-0.2, -0.15) is 13.2 Å². The van der Waals surface area contributed by atoms with Crippen LogP contribution in [0.1, 0.15) is 44.4 Å². The van der Waals surface area contributed by atoms with Gasteiger partial charge < -0.3 is 14.8 Å². The molecule has 0 fully saturated rings. The third-order valence-corrected chi connectivity index (χ3v) is 4.97. The number of halogens is 6. The first-order valence-corrected chi connectivity index (χ1v) is 9.93. The molecule has 1 atom stereocenters. The Morgan fingerprint density at radius 3 is 2.34 bits per heavy atom. The Bertz CT molecular complexity index is 998. The summed E-state index contributed by atoms with van der Waals surface area (Å²) in [6.07, 6.45) is -4.86. The zero-order valence-electron chi connectivity index (χ0n) is 17.7. The Kier molecular flexibility index (Phi) is 6.55. The Hall–Kier alpha value is -2.63. The van der Waals surface area contributed by atoms with Crippen molar-refractivity contribution in [3.63, 3.8) is 0 Å². The molecule has 12 heteroatoms. The van der Waals surface area contributed by atoms with Crippen molar-refractivity contribution in [2.45, 2.75) is 64.5 Å². The first-order chi connectivity index (χ1) is 14.7. The van der Waals surface area contributed by atoms with Gasteiger partial charge in [0, 0.05) is 37.2 Å². The van der Waals surface area contributed by atoms with Crippen molar-refractivity contribution in [1.82, 2.24) is 25.0 Å². The van der Waals surface area contributed by atoms with E-state index in [2.05, 4.69) is 15.5 Å². The number of fused-ring (bicyclic) bond motifs is 1. The van der Waals surface area contributed by atoms with Crippen molar-refractivity contribution in [2.75, 3.05) is 6.54 Å². The third-order valence-electron chi connectivity index (χ3n) is 4.97. The van der Waals surface area contributed by atoms with Gasteiger partial charge in [0.15, 0.2) is 17.5 Å². The summed E-state index contributed by atoms with van der Waals surface area (Å²) in [5, 5.41) is 9.90. The Labute approximate surface area is 180 Å². The summed E-state index contributed by atoms with van der Waals surface area (Å²) < 4.78 is 80.9. The van der Waals surface area contributed by atoms with E-state index in [1.807, 2.05) is 20.8 Å². The summed E-state index contributed by atoms with van der Waals surface area (Å²) in [5.41, 5.74) is -0.574. The number of aromatic nitrogens is 3. The summed E-state index contributed by atoms with van der Waals surface area (Å²) >= 11 is 0. The maximum atomic E-state index is 14.1. The van der Waals surface area contributed by atoms with Gasteiger partial charge in [-0.05, 0) is 38.8 Å². The minimum absolute atomic E-state index is 0.0175. The molecule has 0 radical (unpaired) electrons. The molecule has 0 bridgehead atoms. The Balaban J connectivity index is 1.75. The lowest BCUT2D eigenvalue weighted by Gasteiger charge is -2.32. The number of carbonyl (C=O) groups excluding carboxylic acids is 1. The number of carbonyl (C=O) groups is 1. The number of rotatable bonds is 5. The average molecular weight is 463 g/mol. The van der Waals surface area contributed by atoms with Crippen LogP contribution in [-0.2, 0) is 30.5 Å². The lowest BCUT2D eigenvalue weighted by Crippen LogP contribution is -2.48. The van der Waals surface area contributed by atoms with Crippen LogP contribution in [0.5, 0.6) is 0 Å². The molecule has 1 N–H and O–H groups in total. The van der Waals surface area contributed by atoms with Crippen LogP contribution in [0.4, 0.5) is 26.3 Å². The summed E-state index contributed by atoms with van der Waals surface area (Å²) in [7, 11) is 0. The van der Waals surface area contributed by atoms with Crippen LogP contribution < -0.4 is 5.32 Å². The van der Waals surface area contributed by atoms with Gasteiger partial charge >= 0.3 is 6.18 Å². The molecule has 3 rings (SSSR count). The number of nitrogens with one attached hydrogen (secondary N) is 1. The van der Waals surface area contributed by atoms with Crippen LogP contribution >= 0.6 is 0 Å². The standard InChI is InChI=1S/C20H23F6N5O/c1-19(2,3)27-12(6-11-7-14(22)15(23)9-13(11)21)8-17(32)30-4-5-31-16(10-30)28-29-18(31)20(24,25)26/h7,9,12,27H,4-6,8,10H2,1-3H3/t12-/m1/s1. The average Bonchev–Trinajstić information content (AvgIpc) is 3.08. The molecule has 1 aromatic heterocycles. The van der Waals surface area contributed by atoms with E-state index >= 15 is 0 Å². The summed E-state index contributed by atoms with van der Waals surface area (Å²) in [6.45, 7) is 5.24. The van der Waals surface area contributed by atoms with E-state index in [1.54, 1.807) is 0 Å². The van der Waals surface area contributed by atoms with Crippen molar-refractivity contribution in [2.24, 2.45) is 0 Å². The number of hydrogen-bond donors (Lipinski definition) is 1. The van der Waals surface area contributed by atoms with Gasteiger partial charge in [0.2, 0.25) is 11.7 Å². The molecule has 2 aromatic rings. The Morgan fingerprint density at radius 1 is 1.06 bits per heavy atom. The zero-order chi connectivity index (χ0) is 23.8. The second kappa shape index (κ2) is 8.72. The maximum absolute atomic E-state index is 14.1. The third kappa shape index (κ3) is 5.59. The quantitative estimate of drug-likeness (QED) is 0.545. The molecule has 0 aliphatic carbocycles. The van der Waals surface area contributed by atoms with Crippen molar-refractivity contribution >= 4 is 5.91 Å². The summed E-state index contributed by atoms with van der Waals surface area (Å²) in [6, 6.07) is 0.581. The first kappa shape index (κ1) is 24.0. The predicted molar refractivity (Wildman–Crippen MR) is 102 cm³/mol. The van der Waals surface area contributed by atoms with E-state index in [1.165, 1.54) is 4.90 Å². The predicted octanol–water partition coefficient (Wildman–Crippen LogP) is 3.45. The van der Waals surface area contributed by atoms with E-state index < -0.39 is 46.9 Å². The molecule has 0 unspecified atom stereocenters. The van der Waals surface area contributed by atoms with Crippen molar-refractivity contribution in [1.29, 1.82) is 0 Å². The van der Waals surface area contributed by atoms with Gasteiger partial charge in [0.1, 0.15) is 5.82 Å². The molecule has 1 aromatic carbocycles. The van der Waals surface area contributed by atoms with Gasteiger partial charge in [0.25, 0.3) is 0 Å². The second-order valence-corrected chi connectivity index (χ2v) is 8.76. The molecule has 1 amide bonds. The highest BCUT2D eigenvalue weighted by molar-refractivity contribution is 5.77. The topological polar surface area (TPSA) is 63.1 Å². The summed E-state index contributed by atoms with van der Waals surface area (Å²) in [4.78, 5) is 14.2. The monoisotopic (exact) mass is 463 g/mol. The SMILES string of the molecule is CC(C)(C)N[C@@H](CC(=O)N1CCn2c(nnc2C(F)(F)F)C1)Cc1cc(F)c(F)cc1F. The molecular weight excluding hydrogens is 440 g/mol. The normalized spacial score (nSPS) is 15.6. The molecule has 0 saturated heterocycles. The Morgan fingerprint density at radius 2 is 1.72 bits per heavy atom. The molecule has 6 nitrogen and oxygen atoms in total. The van der Waals surface area contributed by atoms with E-state index in [9.17, 15) is 31.1 Å². The number of benzene rings is 1. The number of amides is 1. The second-order valence-electron chi connectivity index (χ2n) is 8.76. The van der Waals surface area contributed by atoms with Gasteiger partial charge in [-0.1, -0.05) is 0 Å². The minimum atomic E-state index is -4.65. The van der Waals surface area contributed by atoms with Crippen molar-refractivity contribution < 1.29 is 31.1 Å². The molecule has 1 aliphatic rings. The van der Waals surface area contributed by atoms with Gasteiger partial charge in [-0.25, -0.2) is 13.2 Å². The highest BCUT2D eigenvalue weighted by Gasteiger charge is 2.40. The fourth-order valence-electron chi connectivity index (χ4n) is 3.69. The van der Waals surface area contributed by atoms with Crippen LogP contribution in [-0.4, -0.2) is 43.7 Å². The van der Waals surface area contributed by atoms with Crippen LogP contribution in [0.25, 0.3) is 0 Å². The highest BCUT2D eigenvalue weighted by atomic mass is 19.4. The number of hydrogen-bond acceptors (Lipinski definition) is 4. The smallest absolute Gasteiger partial charge is 0.333 e. The summed E-state index contributed by atoms with van der Waals surface area (Å²) in [5.74, 6) is -4.92. The van der Waals surface area contributed by atoms with Crippen LogP contribution in [0.3, 0.4) is 0 Å². The van der Waals surface area contributed by atoms with Crippen molar-refractivity contribution in [3.05, 3.63) is 46.8 Å². The molecule has 0 spiro atoms. The van der Waals surface area contributed by atoms with Gasteiger partial charge in [-0.3, -0.25) is 4.79 Å². The molecule has 176 valence electrons. The fourth-order valence-corrected chi connectivity index (χ4v) is 3.69. The van der Waals surface area contributed by atoms with E-state index in [0.717, 1.165) is 10.6 Å². The minimum Gasteiger partial charge on any atom is -0.333 e. The molecular formula is C20H23F6N5O. The number of nitrogens with zero attached hydrogens (tertiary/aromatic N) is 4. The molecule has 32 heavy (non-hydrogen) atoms. The molecule has 1 aliphatic heterocycles.